The van der Waals surface area contributed by atoms with Gasteiger partial charge in [-0.1, -0.05) is 49.7 Å². The highest BCUT2D eigenvalue weighted by Gasteiger charge is 2.11. The van der Waals surface area contributed by atoms with Crippen molar-refractivity contribution in [2.24, 2.45) is 0 Å². The van der Waals surface area contributed by atoms with E-state index in [-0.39, 0.29) is 5.91 Å². The Balaban J connectivity index is 1.66. The van der Waals surface area contributed by atoms with Crippen LogP contribution in [0.2, 0.25) is 0 Å². The van der Waals surface area contributed by atoms with E-state index < -0.39 is 0 Å². The molecule has 0 aliphatic carbocycles. The molecule has 25 heavy (non-hydrogen) atoms. The van der Waals surface area contributed by atoms with E-state index >= 15 is 0 Å². The topological polar surface area (TPSA) is 51.2 Å². The van der Waals surface area contributed by atoms with Crippen molar-refractivity contribution in [2.75, 3.05) is 11.9 Å². The Kier molecular flexibility index (Phi) is 5.80. The van der Waals surface area contributed by atoms with Crippen molar-refractivity contribution in [1.82, 2.24) is 4.98 Å². The number of hydrogen-bond donors (Lipinski definition) is 1. The molecule has 4 nitrogen and oxygen atoms in total. The van der Waals surface area contributed by atoms with E-state index in [0.717, 1.165) is 24.1 Å². The van der Waals surface area contributed by atoms with Crippen LogP contribution in [0.5, 0.6) is 5.75 Å². The smallest absolute Gasteiger partial charge is 0.257 e. The van der Waals surface area contributed by atoms with Gasteiger partial charge in [-0.15, -0.1) is 11.3 Å². The molecule has 0 aliphatic heterocycles. The van der Waals surface area contributed by atoms with E-state index in [0.29, 0.717) is 23.1 Å². The zero-order valence-corrected chi connectivity index (χ0v) is 14.9. The second-order valence-corrected chi connectivity index (χ2v) is 6.45. The van der Waals surface area contributed by atoms with Gasteiger partial charge in [0.25, 0.3) is 5.91 Å². The number of benzene rings is 2. The van der Waals surface area contributed by atoms with E-state index in [4.69, 9.17) is 4.74 Å². The van der Waals surface area contributed by atoms with Gasteiger partial charge in [0.15, 0.2) is 5.13 Å². The predicted octanol–water partition coefficient (Wildman–Crippen LogP) is 5.24. The third-order valence-electron chi connectivity index (χ3n) is 3.66. The van der Waals surface area contributed by atoms with Gasteiger partial charge in [-0.05, 0) is 24.6 Å². The Morgan fingerprint density at radius 2 is 2.00 bits per heavy atom. The second-order valence-electron chi connectivity index (χ2n) is 5.59. The van der Waals surface area contributed by atoms with E-state index in [9.17, 15) is 4.79 Å². The molecule has 0 fully saturated rings. The number of rotatable bonds is 7. The van der Waals surface area contributed by atoms with Crippen LogP contribution in [0.3, 0.4) is 0 Å². The molecule has 3 rings (SSSR count). The molecule has 0 atom stereocenters. The number of amides is 1. The highest BCUT2D eigenvalue weighted by atomic mass is 32.1. The maximum absolute atomic E-state index is 12.4. The molecule has 0 aliphatic rings. The summed E-state index contributed by atoms with van der Waals surface area (Å²) < 4.78 is 5.66. The Bertz CT molecular complexity index is 830. The van der Waals surface area contributed by atoms with Crippen LogP contribution in [0.15, 0.2) is 60.0 Å². The molecule has 1 aromatic heterocycles. The minimum Gasteiger partial charge on any atom is -0.494 e. The van der Waals surface area contributed by atoms with E-state index in [1.165, 1.54) is 11.3 Å². The molecule has 128 valence electrons. The largest absolute Gasteiger partial charge is 0.494 e. The van der Waals surface area contributed by atoms with Gasteiger partial charge in [0.05, 0.1) is 12.3 Å². The number of nitrogens with one attached hydrogen (secondary N) is 1. The average molecular weight is 352 g/mol. The summed E-state index contributed by atoms with van der Waals surface area (Å²) in [4.78, 5) is 16.9. The second kappa shape index (κ2) is 8.44. The number of anilines is 1. The normalized spacial score (nSPS) is 10.4. The summed E-state index contributed by atoms with van der Waals surface area (Å²) in [6, 6.07) is 17.1. The van der Waals surface area contributed by atoms with Crippen LogP contribution in [0.1, 0.15) is 30.1 Å². The third-order valence-corrected chi connectivity index (χ3v) is 4.41. The fraction of sp³-hybridized carbons (Fsp3) is 0.200. The Morgan fingerprint density at radius 3 is 2.80 bits per heavy atom. The molecule has 2 aromatic carbocycles. The van der Waals surface area contributed by atoms with Crippen molar-refractivity contribution in [3.05, 3.63) is 65.5 Å². The molecule has 0 radical (unpaired) electrons. The molecule has 3 aromatic rings. The first-order valence-corrected chi connectivity index (χ1v) is 9.19. The molecule has 0 unspecified atom stereocenters. The lowest BCUT2D eigenvalue weighted by Gasteiger charge is -2.07. The van der Waals surface area contributed by atoms with Gasteiger partial charge in [-0.25, -0.2) is 4.98 Å². The van der Waals surface area contributed by atoms with Crippen LogP contribution in [-0.4, -0.2) is 17.5 Å². The molecule has 5 heteroatoms. The first-order valence-electron chi connectivity index (χ1n) is 8.31. The Labute approximate surface area is 151 Å². The minimum atomic E-state index is -0.185. The van der Waals surface area contributed by atoms with Gasteiger partial charge in [-0.2, -0.15) is 0 Å². The summed E-state index contributed by atoms with van der Waals surface area (Å²) in [6.07, 6.45) is 2.08. The van der Waals surface area contributed by atoms with Crippen molar-refractivity contribution in [3.63, 3.8) is 0 Å². The SMILES string of the molecule is CCCCOc1cccc(C(=O)Nc2nc(-c3ccccc3)cs2)c1. The summed E-state index contributed by atoms with van der Waals surface area (Å²) >= 11 is 1.41. The van der Waals surface area contributed by atoms with Crippen LogP contribution >= 0.6 is 11.3 Å². The number of hydrogen-bond acceptors (Lipinski definition) is 4. The molecule has 1 N–H and O–H groups in total. The van der Waals surface area contributed by atoms with Gasteiger partial charge in [0.2, 0.25) is 0 Å². The minimum absolute atomic E-state index is 0.185. The van der Waals surface area contributed by atoms with Crippen LogP contribution in [-0.2, 0) is 0 Å². The zero-order chi connectivity index (χ0) is 17.5. The summed E-state index contributed by atoms with van der Waals surface area (Å²) in [5.74, 6) is 0.528. The zero-order valence-electron chi connectivity index (χ0n) is 14.1. The van der Waals surface area contributed by atoms with Crippen molar-refractivity contribution < 1.29 is 9.53 Å². The number of ether oxygens (including phenoxy) is 1. The van der Waals surface area contributed by atoms with Crippen LogP contribution < -0.4 is 10.1 Å². The van der Waals surface area contributed by atoms with Gasteiger partial charge in [0, 0.05) is 16.5 Å². The highest BCUT2D eigenvalue weighted by Crippen LogP contribution is 2.25. The molecule has 0 saturated heterocycles. The molecule has 1 heterocycles. The third kappa shape index (κ3) is 4.67. The van der Waals surface area contributed by atoms with E-state index in [1.54, 1.807) is 12.1 Å². The van der Waals surface area contributed by atoms with Gasteiger partial charge in [-0.3, -0.25) is 10.1 Å². The molecular weight excluding hydrogens is 332 g/mol. The molecule has 1 amide bonds. The maximum atomic E-state index is 12.4. The van der Waals surface area contributed by atoms with Crippen LogP contribution in [0.25, 0.3) is 11.3 Å². The van der Waals surface area contributed by atoms with Crippen molar-refractivity contribution >= 4 is 22.4 Å². The Hall–Kier alpha value is -2.66. The van der Waals surface area contributed by atoms with E-state index in [2.05, 4.69) is 17.2 Å². The number of aromatic nitrogens is 1. The quantitative estimate of drug-likeness (QED) is 0.592. The number of carbonyl (C=O) groups excluding carboxylic acids is 1. The predicted molar refractivity (Wildman–Crippen MR) is 102 cm³/mol. The molecule has 0 saturated carbocycles. The van der Waals surface area contributed by atoms with Gasteiger partial charge >= 0.3 is 0 Å². The van der Waals surface area contributed by atoms with Crippen LogP contribution in [0.4, 0.5) is 5.13 Å². The number of nitrogens with zero attached hydrogens (tertiary/aromatic N) is 1. The maximum Gasteiger partial charge on any atom is 0.257 e. The van der Waals surface area contributed by atoms with Crippen molar-refractivity contribution in [2.45, 2.75) is 19.8 Å². The summed E-state index contributed by atoms with van der Waals surface area (Å²) in [6.45, 7) is 2.78. The summed E-state index contributed by atoms with van der Waals surface area (Å²) in [5, 5.41) is 5.38. The fourth-order valence-corrected chi connectivity index (χ4v) is 3.02. The molecular formula is C20H20N2O2S. The molecule has 0 bridgehead atoms. The standard InChI is InChI=1S/C20H20N2O2S/c1-2-3-12-24-17-11-7-10-16(13-17)19(23)22-20-21-18(14-25-20)15-8-5-4-6-9-15/h4-11,13-14H,2-3,12H2,1H3,(H,21,22,23). The Morgan fingerprint density at radius 1 is 1.16 bits per heavy atom. The summed E-state index contributed by atoms with van der Waals surface area (Å²) in [7, 11) is 0. The monoisotopic (exact) mass is 352 g/mol. The fourth-order valence-electron chi connectivity index (χ4n) is 2.30. The number of unbranched alkanes of at least 4 members (excludes halogenated alkanes) is 1. The summed E-state index contributed by atoms with van der Waals surface area (Å²) in [5.41, 5.74) is 2.45. The number of carbonyl (C=O) groups is 1. The first kappa shape index (κ1) is 17.2. The highest BCUT2D eigenvalue weighted by molar-refractivity contribution is 7.14. The lowest BCUT2D eigenvalue weighted by Crippen LogP contribution is -2.11. The van der Waals surface area contributed by atoms with Crippen LogP contribution in [0, 0.1) is 0 Å². The average Bonchev–Trinajstić information content (AvgIpc) is 3.11. The lowest BCUT2D eigenvalue weighted by atomic mass is 10.2. The van der Waals surface area contributed by atoms with Gasteiger partial charge in [0.1, 0.15) is 5.75 Å². The van der Waals surface area contributed by atoms with Crippen molar-refractivity contribution in [1.29, 1.82) is 0 Å². The van der Waals surface area contributed by atoms with Gasteiger partial charge < -0.3 is 4.74 Å². The van der Waals surface area contributed by atoms with E-state index in [1.807, 2.05) is 47.8 Å². The first-order chi connectivity index (χ1) is 12.3. The van der Waals surface area contributed by atoms with Crippen molar-refractivity contribution in [3.8, 4) is 17.0 Å². The molecule has 0 spiro atoms. The lowest BCUT2D eigenvalue weighted by molar-refractivity contribution is 0.102. The number of thiazole rings is 1.